The Kier molecular flexibility index (Phi) is 14.4. The Morgan fingerprint density at radius 2 is 1.70 bits per heavy atom. The van der Waals surface area contributed by atoms with E-state index in [9.17, 15) is 32.7 Å². The van der Waals surface area contributed by atoms with E-state index in [4.69, 9.17) is 4.74 Å². The number of fused-ring (bicyclic) bond motifs is 1. The Hall–Kier alpha value is -5.97. The number of carbonyl (C=O) groups is 4. The molecule has 0 bridgehead atoms. The van der Waals surface area contributed by atoms with Gasteiger partial charge in [-0.25, -0.2) is 22.2 Å². The fourth-order valence-electron chi connectivity index (χ4n) is 8.36. The minimum absolute atomic E-state index is 0.0322. The van der Waals surface area contributed by atoms with Crippen LogP contribution in [0.3, 0.4) is 0 Å². The second-order valence-electron chi connectivity index (χ2n) is 17.9. The number of sulfone groups is 1. The molecular weight excluding hydrogens is 887 g/mol. The van der Waals surface area contributed by atoms with Gasteiger partial charge in [0.25, 0.3) is 0 Å². The lowest BCUT2D eigenvalue weighted by atomic mass is 9.77. The Morgan fingerprint density at radius 1 is 0.985 bits per heavy atom. The summed E-state index contributed by atoms with van der Waals surface area (Å²) >= 11 is 1.56. The van der Waals surface area contributed by atoms with Gasteiger partial charge in [0.05, 0.1) is 50.9 Å². The van der Waals surface area contributed by atoms with Gasteiger partial charge in [-0.15, -0.1) is 11.3 Å². The fraction of sp³-hybridized carbons (Fsp3) is 0.360. The monoisotopic (exact) mass is 938 g/mol. The predicted octanol–water partition coefficient (Wildman–Crippen LogP) is 7.88. The number of likely N-dealkylation sites (tertiary alicyclic amines) is 1. The predicted molar refractivity (Wildman–Crippen MR) is 248 cm³/mol. The molecule has 2 aromatic heterocycles. The van der Waals surface area contributed by atoms with Crippen LogP contribution in [0.15, 0.2) is 84.5 Å². The summed E-state index contributed by atoms with van der Waals surface area (Å²) in [5, 5.41) is 13.5. The van der Waals surface area contributed by atoms with Gasteiger partial charge >= 0.3 is 0 Å². The highest BCUT2D eigenvalue weighted by atomic mass is 32.2. The highest BCUT2D eigenvalue weighted by Crippen LogP contribution is 2.36. The molecule has 1 fully saturated rings. The molecule has 0 radical (unpaired) electrons. The van der Waals surface area contributed by atoms with E-state index in [2.05, 4.69) is 15.3 Å². The van der Waals surface area contributed by atoms with Crippen LogP contribution in [0, 0.1) is 29.9 Å². The summed E-state index contributed by atoms with van der Waals surface area (Å²) in [6.07, 6.45) is 2.77. The Morgan fingerprint density at radius 3 is 2.36 bits per heavy atom. The van der Waals surface area contributed by atoms with Crippen molar-refractivity contribution in [2.45, 2.75) is 84.7 Å². The van der Waals surface area contributed by atoms with E-state index in [0.29, 0.717) is 34.6 Å². The van der Waals surface area contributed by atoms with Gasteiger partial charge in [-0.3, -0.25) is 24.2 Å². The Balaban J connectivity index is 0.964. The molecule has 3 heterocycles. The molecule has 0 saturated carbocycles. The number of allylic oxidation sites excluding steroid dienone is 2. The minimum atomic E-state index is -3.67. The molecule has 2 N–H and O–H groups in total. The molecule has 16 heteroatoms. The summed E-state index contributed by atoms with van der Waals surface area (Å²) in [5.41, 5.74) is 5.13. The smallest absolute Gasteiger partial charge is 0.243 e. The number of amides is 2. The number of Topliss-reactive ketones (excluding diaryl/α,β-unsaturated/α-hetero) is 2. The van der Waals surface area contributed by atoms with Gasteiger partial charge in [0, 0.05) is 60.8 Å². The topological polar surface area (TPSA) is 173 Å². The summed E-state index contributed by atoms with van der Waals surface area (Å²) < 4.78 is 61.4. The van der Waals surface area contributed by atoms with Gasteiger partial charge in [0.1, 0.15) is 30.0 Å². The number of thiazole rings is 1. The largest absolute Gasteiger partial charge is 0.486 e. The van der Waals surface area contributed by atoms with Gasteiger partial charge < -0.3 is 20.1 Å². The zero-order valence-corrected chi connectivity index (χ0v) is 39.0. The number of rotatable bonds is 17. The van der Waals surface area contributed by atoms with Crippen LogP contribution in [0.25, 0.3) is 27.1 Å². The second kappa shape index (κ2) is 19.9. The first-order valence-electron chi connectivity index (χ1n) is 21.8. The van der Waals surface area contributed by atoms with Gasteiger partial charge in [-0.1, -0.05) is 76.2 Å². The normalized spacial score (nSPS) is 16.4. The first-order chi connectivity index (χ1) is 31.3. The molecule has 1 aliphatic heterocycles. The van der Waals surface area contributed by atoms with Crippen molar-refractivity contribution in [1.29, 1.82) is 0 Å². The number of carbonyl (C=O) groups excluding carboxylic acids is 4. The first-order valence-corrected chi connectivity index (χ1v) is 24.5. The van der Waals surface area contributed by atoms with E-state index in [1.54, 1.807) is 66.4 Å². The van der Waals surface area contributed by atoms with E-state index < -0.39 is 68.0 Å². The molecule has 3 aromatic carbocycles. The number of ether oxygens (including phenoxy) is 1. The quantitative estimate of drug-likeness (QED) is 0.0874. The molecule has 346 valence electrons. The van der Waals surface area contributed by atoms with Crippen LogP contribution in [0.4, 0.5) is 8.78 Å². The lowest BCUT2D eigenvalue weighted by Gasteiger charge is -2.34. The van der Waals surface area contributed by atoms with E-state index >= 15 is 8.78 Å². The van der Waals surface area contributed by atoms with Crippen molar-refractivity contribution >= 4 is 50.1 Å². The second-order valence-corrected chi connectivity index (χ2v) is 20.9. The molecule has 1 aliphatic carbocycles. The summed E-state index contributed by atoms with van der Waals surface area (Å²) in [7, 11) is -3.67. The van der Waals surface area contributed by atoms with Crippen LogP contribution in [0.2, 0.25) is 0 Å². The number of hydrogen-bond donors (Lipinski definition) is 2. The standard InChI is InChI=1S/C50H52F2N4O8S2/c1-6-19-66(62,63)27-33-13-17-41(51)44(45(33)52)46(59)38-16-18-42-39(38)20-34(24-53-42)31-11-14-37(15-12-31)64-26-36(58)21-40(50(3,4)5)49(61)56-25-35(57)22-43(56)48(60)54-23-30-7-9-32(10-8-30)47-29(2)55-28-65-47/h7-17,20,24,28,35,40,43,57H,6,18-19,21-23,25-27H2,1-5H3,(H,54,60)/t35-,40-,43+/m1/s1. The zero-order valence-electron chi connectivity index (χ0n) is 37.4. The van der Waals surface area contributed by atoms with Crippen LogP contribution in [0.5, 0.6) is 5.75 Å². The molecule has 66 heavy (non-hydrogen) atoms. The third-order valence-corrected chi connectivity index (χ3v) is 14.7. The maximum atomic E-state index is 15.6. The number of aliphatic hydroxyl groups excluding tert-OH is 1. The van der Waals surface area contributed by atoms with Crippen molar-refractivity contribution in [3.8, 4) is 27.3 Å². The molecule has 12 nitrogen and oxygen atoms in total. The average molecular weight is 939 g/mol. The van der Waals surface area contributed by atoms with Crippen molar-refractivity contribution < 1.29 is 46.2 Å². The van der Waals surface area contributed by atoms with Gasteiger partial charge in [0.15, 0.2) is 21.4 Å². The number of hydrogen-bond acceptors (Lipinski definition) is 11. The van der Waals surface area contributed by atoms with Crippen LogP contribution < -0.4 is 10.1 Å². The van der Waals surface area contributed by atoms with Crippen LogP contribution in [0.1, 0.15) is 85.4 Å². The SMILES string of the molecule is CCCS(=O)(=O)Cc1ccc(F)c(C(=O)C2=CCc3ncc(-c4ccc(OCC(=O)C[C@H](C(=O)N5C[C@H](O)C[C@H]5C(=O)NCc5ccc(-c6scnc6C)cc5)C(C)(C)C)cc4)cc32)c1F. The number of aromatic nitrogens is 2. The molecule has 2 amide bonds. The molecule has 1 saturated heterocycles. The number of nitrogens with zero attached hydrogens (tertiary/aromatic N) is 3. The van der Waals surface area contributed by atoms with E-state index in [-0.39, 0.29) is 67.5 Å². The van der Waals surface area contributed by atoms with Crippen LogP contribution >= 0.6 is 11.3 Å². The van der Waals surface area contributed by atoms with E-state index in [0.717, 1.165) is 33.8 Å². The van der Waals surface area contributed by atoms with Crippen molar-refractivity contribution in [1.82, 2.24) is 20.2 Å². The number of β-amino-alcohol motifs (C(OH)–C–C–N with tert-alkyl or cyclic N) is 1. The molecule has 5 aromatic rings. The number of benzene rings is 3. The van der Waals surface area contributed by atoms with E-state index in [1.165, 1.54) is 4.90 Å². The summed E-state index contributed by atoms with van der Waals surface area (Å²) in [4.78, 5) is 66.1. The van der Waals surface area contributed by atoms with Crippen molar-refractivity contribution in [3.63, 3.8) is 0 Å². The molecule has 2 aliphatic rings. The molecule has 0 unspecified atom stereocenters. The molecule has 3 atom stereocenters. The minimum Gasteiger partial charge on any atom is -0.486 e. The van der Waals surface area contributed by atoms with Crippen molar-refractivity contribution in [2.24, 2.45) is 11.3 Å². The summed E-state index contributed by atoms with van der Waals surface area (Å²) in [6, 6.07) is 17.3. The maximum Gasteiger partial charge on any atom is 0.243 e. The Bertz CT molecular complexity index is 2800. The van der Waals surface area contributed by atoms with Gasteiger partial charge in [-0.2, -0.15) is 0 Å². The summed E-state index contributed by atoms with van der Waals surface area (Å²) in [6.45, 7) is 9.05. The number of ketones is 2. The van der Waals surface area contributed by atoms with Crippen LogP contribution in [-0.2, 0) is 42.9 Å². The molecule has 0 spiro atoms. The fourth-order valence-corrected chi connectivity index (χ4v) is 10.6. The summed E-state index contributed by atoms with van der Waals surface area (Å²) in [5.74, 6) is -5.60. The first kappa shape index (κ1) is 48.0. The Labute approximate surface area is 387 Å². The highest BCUT2D eigenvalue weighted by molar-refractivity contribution is 7.90. The van der Waals surface area contributed by atoms with Gasteiger partial charge in [0.2, 0.25) is 11.8 Å². The average Bonchev–Trinajstić information content (AvgIpc) is 4.02. The van der Waals surface area contributed by atoms with E-state index in [1.807, 2.05) is 52.0 Å². The lowest BCUT2D eigenvalue weighted by molar-refractivity contribution is -0.146. The third kappa shape index (κ3) is 10.8. The van der Waals surface area contributed by atoms with Crippen molar-refractivity contribution in [2.75, 3.05) is 18.9 Å². The molecular formula is C50H52F2N4O8S2. The molecule has 7 rings (SSSR count). The maximum absolute atomic E-state index is 15.6. The zero-order chi connectivity index (χ0) is 47.5. The number of aryl methyl sites for hydroxylation is 1. The third-order valence-electron chi connectivity index (χ3n) is 11.9. The van der Waals surface area contributed by atoms with Gasteiger partial charge in [-0.05, 0) is 59.7 Å². The number of nitrogens with one attached hydrogen (secondary N) is 1. The lowest BCUT2D eigenvalue weighted by Crippen LogP contribution is -2.50. The number of pyridine rings is 1. The van der Waals surface area contributed by atoms with Crippen LogP contribution in [-0.4, -0.2) is 82.8 Å². The van der Waals surface area contributed by atoms with Crippen molar-refractivity contribution in [3.05, 3.63) is 130 Å². The number of aliphatic hydroxyl groups is 1. The highest BCUT2D eigenvalue weighted by Gasteiger charge is 2.44. The number of halogens is 2.